The normalized spacial score (nSPS) is 17.8. The minimum absolute atomic E-state index is 0.00791. The third-order valence-corrected chi connectivity index (χ3v) is 4.90. The van der Waals surface area contributed by atoms with Crippen molar-refractivity contribution in [2.45, 2.75) is 29.9 Å². The van der Waals surface area contributed by atoms with Crippen molar-refractivity contribution >= 4 is 23.7 Å². The molecule has 0 spiro atoms. The van der Waals surface area contributed by atoms with Gasteiger partial charge in [0.15, 0.2) is 0 Å². The number of amides is 1. The van der Waals surface area contributed by atoms with Crippen molar-refractivity contribution in [1.82, 2.24) is 9.47 Å². The third-order valence-electron chi connectivity index (χ3n) is 4.16. The number of hydrogen-bond donors (Lipinski definition) is 0. The molecule has 1 unspecified atom stereocenters. The lowest BCUT2D eigenvalue weighted by atomic mass is 10.1. The van der Waals surface area contributed by atoms with Crippen LogP contribution in [-0.2, 0) is 11.3 Å². The molecule has 0 fully saturated rings. The van der Waals surface area contributed by atoms with E-state index in [0.717, 1.165) is 12.2 Å². The summed E-state index contributed by atoms with van der Waals surface area (Å²) in [4.78, 5) is 14.4. The first-order chi connectivity index (χ1) is 11.8. The fourth-order valence-electron chi connectivity index (χ4n) is 2.92. The van der Waals surface area contributed by atoms with Crippen molar-refractivity contribution in [3.05, 3.63) is 59.9 Å². The Morgan fingerprint density at radius 2 is 1.92 bits per heavy atom. The summed E-state index contributed by atoms with van der Waals surface area (Å²) in [5, 5.41) is 0. The molecular formula is C18H17F3N2OS. The van der Waals surface area contributed by atoms with E-state index in [4.69, 9.17) is 0 Å². The van der Waals surface area contributed by atoms with Gasteiger partial charge in [0.2, 0.25) is 5.91 Å². The number of benzene rings is 1. The summed E-state index contributed by atoms with van der Waals surface area (Å²) in [6.45, 7) is 3.38. The number of alkyl halides is 3. The van der Waals surface area contributed by atoms with E-state index in [2.05, 4.69) is 4.57 Å². The maximum Gasteiger partial charge on any atom is 0.446 e. The molecule has 0 N–H and O–H groups in total. The fraction of sp³-hybridized carbons (Fsp3) is 0.278. The maximum atomic E-state index is 12.4. The average Bonchev–Trinajstić information content (AvgIpc) is 3.02. The van der Waals surface area contributed by atoms with Crippen molar-refractivity contribution in [3.8, 4) is 0 Å². The van der Waals surface area contributed by atoms with Crippen LogP contribution in [0.1, 0.15) is 24.2 Å². The van der Waals surface area contributed by atoms with Gasteiger partial charge < -0.3 is 9.47 Å². The van der Waals surface area contributed by atoms with Gasteiger partial charge in [-0.2, -0.15) is 13.2 Å². The Kier molecular flexibility index (Phi) is 4.94. The smallest absolute Gasteiger partial charge is 0.348 e. The highest BCUT2D eigenvalue weighted by Crippen LogP contribution is 2.36. The largest absolute Gasteiger partial charge is 0.446 e. The first kappa shape index (κ1) is 17.7. The monoisotopic (exact) mass is 366 g/mol. The van der Waals surface area contributed by atoms with E-state index < -0.39 is 5.51 Å². The average molecular weight is 366 g/mol. The number of carbonyl (C=O) groups is 1. The topological polar surface area (TPSA) is 25.2 Å². The van der Waals surface area contributed by atoms with Crippen LogP contribution in [0.5, 0.6) is 0 Å². The van der Waals surface area contributed by atoms with Crippen LogP contribution >= 0.6 is 11.8 Å². The number of hydrogen-bond acceptors (Lipinski definition) is 2. The standard InChI is InChI=1S/C18H17F3N2OS/c1-13-16-3-2-10-22(16)11-12-23(13)17(24)9-6-14-4-7-15(8-5-14)25-18(19,20)21/h2-10,13H,11-12H2,1H3/b9-6+. The van der Waals surface area contributed by atoms with Gasteiger partial charge in [0, 0.05) is 36.0 Å². The van der Waals surface area contributed by atoms with Crippen LogP contribution in [0.2, 0.25) is 0 Å². The molecule has 2 aromatic rings. The number of halogens is 3. The minimum atomic E-state index is -4.30. The van der Waals surface area contributed by atoms with Crippen molar-refractivity contribution in [2.24, 2.45) is 0 Å². The molecular weight excluding hydrogens is 349 g/mol. The first-order valence-corrected chi connectivity index (χ1v) is 8.65. The van der Waals surface area contributed by atoms with Gasteiger partial charge in [0.05, 0.1) is 6.04 Å². The quantitative estimate of drug-likeness (QED) is 0.580. The summed E-state index contributed by atoms with van der Waals surface area (Å²) in [7, 11) is 0. The molecule has 25 heavy (non-hydrogen) atoms. The van der Waals surface area contributed by atoms with Crippen molar-refractivity contribution in [3.63, 3.8) is 0 Å². The summed E-state index contributed by atoms with van der Waals surface area (Å²) < 4.78 is 39.1. The van der Waals surface area contributed by atoms with Gasteiger partial charge in [-0.15, -0.1) is 0 Å². The highest BCUT2D eigenvalue weighted by atomic mass is 32.2. The molecule has 1 aliphatic heterocycles. The van der Waals surface area contributed by atoms with E-state index in [-0.39, 0.29) is 28.6 Å². The summed E-state index contributed by atoms with van der Waals surface area (Å²) in [6.07, 6.45) is 5.11. The Morgan fingerprint density at radius 1 is 1.20 bits per heavy atom. The fourth-order valence-corrected chi connectivity index (χ4v) is 3.46. The molecule has 1 aromatic heterocycles. The predicted molar refractivity (Wildman–Crippen MR) is 91.9 cm³/mol. The highest BCUT2D eigenvalue weighted by Gasteiger charge is 2.29. The van der Waals surface area contributed by atoms with Crippen LogP contribution in [0.15, 0.2) is 53.6 Å². The highest BCUT2D eigenvalue weighted by molar-refractivity contribution is 8.00. The zero-order chi connectivity index (χ0) is 18.0. The molecule has 0 aliphatic carbocycles. The van der Waals surface area contributed by atoms with Gasteiger partial charge in [0.1, 0.15) is 0 Å². The molecule has 0 bridgehead atoms. The second-order valence-corrected chi connectivity index (χ2v) is 6.92. The molecule has 3 rings (SSSR count). The number of rotatable bonds is 3. The summed E-state index contributed by atoms with van der Waals surface area (Å²) in [6, 6.07) is 9.91. The number of nitrogens with zero attached hydrogens (tertiary/aromatic N) is 2. The van der Waals surface area contributed by atoms with Crippen molar-refractivity contribution in [1.29, 1.82) is 0 Å². The molecule has 132 valence electrons. The molecule has 2 heterocycles. The second kappa shape index (κ2) is 7.00. The lowest BCUT2D eigenvalue weighted by Crippen LogP contribution is -2.39. The van der Waals surface area contributed by atoms with E-state index in [1.165, 1.54) is 18.2 Å². The molecule has 1 aromatic carbocycles. The Morgan fingerprint density at radius 3 is 2.60 bits per heavy atom. The van der Waals surface area contributed by atoms with E-state index in [1.54, 1.807) is 23.1 Å². The predicted octanol–water partition coefficient (Wildman–Crippen LogP) is 4.72. The zero-order valence-electron chi connectivity index (χ0n) is 13.5. The van der Waals surface area contributed by atoms with E-state index >= 15 is 0 Å². The zero-order valence-corrected chi connectivity index (χ0v) is 14.3. The lowest BCUT2D eigenvalue weighted by Gasteiger charge is -2.34. The summed E-state index contributed by atoms with van der Waals surface area (Å²) in [5.41, 5.74) is -2.51. The van der Waals surface area contributed by atoms with E-state index in [9.17, 15) is 18.0 Å². The van der Waals surface area contributed by atoms with Crippen LogP contribution < -0.4 is 0 Å². The minimum Gasteiger partial charge on any atom is -0.348 e. The van der Waals surface area contributed by atoms with Crippen LogP contribution in [0.25, 0.3) is 6.08 Å². The first-order valence-electron chi connectivity index (χ1n) is 7.83. The SMILES string of the molecule is CC1c2cccn2CCN1C(=O)/C=C/c1ccc(SC(F)(F)F)cc1. The van der Waals surface area contributed by atoms with Crippen molar-refractivity contribution in [2.75, 3.05) is 6.54 Å². The summed E-state index contributed by atoms with van der Waals surface area (Å²) >= 11 is -0.150. The lowest BCUT2D eigenvalue weighted by molar-refractivity contribution is -0.129. The Bertz CT molecular complexity index is 780. The molecule has 0 saturated carbocycles. The van der Waals surface area contributed by atoms with E-state index in [1.807, 2.05) is 25.3 Å². The molecule has 1 atom stereocenters. The third kappa shape index (κ3) is 4.28. The van der Waals surface area contributed by atoms with Gasteiger partial charge in [-0.25, -0.2) is 0 Å². The summed E-state index contributed by atoms with van der Waals surface area (Å²) in [5.74, 6) is -0.103. The van der Waals surface area contributed by atoms with Crippen molar-refractivity contribution < 1.29 is 18.0 Å². The van der Waals surface area contributed by atoms with E-state index in [0.29, 0.717) is 12.1 Å². The second-order valence-electron chi connectivity index (χ2n) is 5.78. The number of fused-ring (bicyclic) bond motifs is 1. The van der Waals surface area contributed by atoms with Crippen LogP contribution in [0.4, 0.5) is 13.2 Å². The molecule has 1 aliphatic rings. The van der Waals surface area contributed by atoms with Crippen LogP contribution in [0, 0.1) is 0 Å². The molecule has 0 radical (unpaired) electrons. The number of carbonyl (C=O) groups excluding carboxylic acids is 1. The number of thioether (sulfide) groups is 1. The van der Waals surface area contributed by atoms with Gasteiger partial charge in [0.25, 0.3) is 0 Å². The molecule has 1 amide bonds. The van der Waals surface area contributed by atoms with Crippen LogP contribution in [0.3, 0.4) is 0 Å². The Labute approximate surface area is 148 Å². The number of aromatic nitrogens is 1. The van der Waals surface area contributed by atoms with Gasteiger partial charge in [-0.05, 0) is 54.6 Å². The van der Waals surface area contributed by atoms with Gasteiger partial charge in [-0.3, -0.25) is 4.79 Å². The Hall–Kier alpha value is -2.15. The molecule has 7 heteroatoms. The van der Waals surface area contributed by atoms with Crippen LogP contribution in [-0.4, -0.2) is 27.4 Å². The maximum absolute atomic E-state index is 12.4. The van der Waals surface area contributed by atoms with Gasteiger partial charge >= 0.3 is 5.51 Å². The molecule has 0 saturated heterocycles. The van der Waals surface area contributed by atoms with Gasteiger partial charge in [-0.1, -0.05) is 12.1 Å². The molecule has 3 nitrogen and oxygen atoms in total. The Balaban J connectivity index is 1.65.